The molecule has 0 amide bonds. The predicted molar refractivity (Wildman–Crippen MR) is 61.5 cm³/mol. The van der Waals surface area contributed by atoms with Crippen LogP contribution in [0.3, 0.4) is 0 Å². The molecule has 0 heterocycles. The van der Waals surface area contributed by atoms with Crippen molar-refractivity contribution in [3.63, 3.8) is 0 Å². The second-order valence-electron chi connectivity index (χ2n) is 2.97. The molecule has 0 aliphatic heterocycles. The van der Waals surface area contributed by atoms with Gasteiger partial charge < -0.3 is 4.90 Å². The Morgan fingerprint density at radius 2 is 1.54 bits per heavy atom. The molecule has 1 nitrogen and oxygen atoms in total. The Balaban J connectivity index is 0.000000310. The zero-order valence-electron chi connectivity index (χ0n) is 7.94. The first kappa shape index (κ1) is 13.6. The molecule has 0 N–H and O–H groups in total. The molecule has 0 unspecified atom stereocenters. The second kappa shape index (κ2) is 6.93. The molecule has 0 saturated carbocycles. The summed E-state index contributed by atoms with van der Waals surface area (Å²) in [5.74, 6) is 0. The third kappa shape index (κ3) is 7.62. The van der Waals surface area contributed by atoms with Crippen LogP contribution in [0, 0.1) is 0 Å². The van der Waals surface area contributed by atoms with Crippen LogP contribution < -0.4 is 3.58 Å². The van der Waals surface area contributed by atoms with Gasteiger partial charge in [-0.05, 0) is 21.1 Å². The van der Waals surface area contributed by atoms with Gasteiger partial charge in [-0.25, -0.2) is 0 Å². The standard InChI is InChI=1S/C6H3Cl2.C3H9N.Sn/c7-5-3-1-2-4-6(5)8;1-4(2)3;/h1,3-4H;1-3H3;. The first-order valence-corrected chi connectivity index (χ1v) is 5.89. The van der Waals surface area contributed by atoms with E-state index in [9.17, 15) is 0 Å². The van der Waals surface area contributed by atoms with Gasteiger partial charge in [-0.2, -0.15) is 0 Å². The summed E-state index contributed by atoms with van der Waals surface area (Å²) in [6.07, 6.45) is 0. The van der Waals surface area contributed by atoms with Gasteiger partial charge in [0.1, 0.15) is 0 Å². The molecule has 0 bridgehead atoms. The summed E-state index contributed by atoms with van der Waals surface area (Å²) in [4.78, 5) is 2.00. The van der Waals surface area contributed by atoms with E-state index in [4.69, 9.17) is 23.2 Å². The van der Waals surface area contributed by atoms with Gasteiger partial charge >= 0.3 is 77.6 Å². The Morgan fingerprint density at radius 1 is 1.08 bits per heavy atom. The van der Waals surface area contributed by atoms with Gasteiger partial charge in [0.2, 0.25) is 0 Å². The summed E-state index contributed by atoms with van der Waals surface area (Å²) in [6, 6.07) is 5.66. The SMILES string of the molecule is CN(C)C.Clc1cc[c]([Sn])cc1Cl. The Kier molecular flexibility index (Phi) is 7.23. The van der Waals surface area contributed by atoms with Crippen molar-refractivity contribution in [2.24, 2.45) is 0 Å². The first-order chi connectivity index (χ1) is 5.93. The van der Waals surface area contributed by atoms with Crippen molar-refractivity contribution in [2.75, 3.05) is 21.1 Å². The molecule has 0 aliphatic rings. The van der Waals surface area contributed by atoms with Crippen molar-refractivity contribution >= 4 is 49.3 Å². The molecule has 0 saturated heterocycles. The zero-order chi connectivity index (χ0) is 10.4. The molecule has 1 rings (SSSR count). The van der Waals surface area contributed by atoms with Crippen LogP contribution in [0.4, 0.5) is 0 Å². The van der Waals surface area contributed by atoms with Crippen LogP contribution in [-0.2, 0) is 0 Å². The van der Waals surface area contributed by atoms with E-state index in [0.717, 1.165) is 0 Å². The molecule has 0 fully saturated rings. The quantitative estimate of drug-likeness (QED) is 0.660. The molecule has 0 aromatic heterocycles. The van der Waals surface area contributed by atoms with E-state index in [0.29, 0.717) is 10.0 Å². The summed E-state index contributed by atoms with van der Waals surface area (Å²) in [6.45, 7) is 0. The van der Waals surface area contributed by atoms with Crippen molar-refractivity contribution in [1.29, 1.82) is 0 Å². The first-order valence-electron chi connectivity index (χ1n) is 3.71. The number of hydrogen-bond donors (Lipinski definition) is 0. The normalized spacial score (nSPS) is 9.46. The molecule has 4 heteroatoms. The minimum absolute atomic E-state index is 0.628. The van der Waals surface area contributed by atoms with Gasteiger partial charge in [0.15, 0.2) is 0 Å². The van der Waals surface area contributed by atoms with Crippen LogP contribution in [0.1, 0.15) is 0 Å². The monoisotopic (exact) mass is 324 g/mol. The molecule has 3 radical (unpaired) electrons. The van der Waals surface area contributed by atoms with Crippen LogP contribution in [0.25, 0.3) is 0 Å². The van der Waals surface area contributed by atoms with E-state index in [1.165, 1.54) is 26.1 Å². The number of rotatable bonds is 0. The zero-order valence-corrected chi connectivity index (χ0v) is 12.3. The maximum atomic E-state index is 5.70. The molecule has 13 heavy (non-hydrogen) atoms. The van der Waals surface area contributed by atoms with Gasteiger partial charge in [-0.1, -0.05) is 0 Å². The van der Waals surface area contributed by atoms with Crippen molar-refractivity contribution in [3.05, 3.63) is 28.2 Å². The maximum absolute atomic E-state index is 5.70. The Labute approximate surface area is 103 Å². The third-order valence-electron chi connectivity index (χ3n) is 0.920. The van der Waals surface area contributed by atoms with E-state index < -0.39 is 0 Å². The van der Waals surface area contributed by atoms with Gasteiger partial charge in [-0.15, -0.1) is 0 Å². The van der Waals surface area contributed by atoms with E-state index in [1.54, 1.807) is 0 Å². The summed E-state index contributed by atoms with van der Waals surface area (Å²) < 4.78 is 1.22. The van der Waals surface area contributed by atoms with Crippen molar-refractivity contribution in [3.8, 4) is 0 Å². The molecule has 1 aromatic rings. The minimum atomic E-state index is 0.628. The summed E-state index contributed by atoms with van der Waals surface area (Å²) in [7, 11) is 6.00. The fourth-order valence-electron chi connectivity index (χ4n) is 0.496. The molecule has 0 atom stereocenters. The summed E-state index contributed by atoms with van der Waals surface area (Å²) in [5.41, 5.74) is 0. The summed E-state index contributed by atoms with van der Waals surface area (Å²) in [5, 5.41) is 1.27. The Hall–Kier alpha value is 0.559. The summed E-state index contributed by atoms with van der Waals surface area (Å²) >= 11 is 12.7. The molecular formula is C9H12Cl2NSn. The predicted octanol–water partition coefficient (Wildman–Crippen LogP) is 1.96. The van der Waals surface area contributed by atoms with Crippen LogP contribution in [0.5, 0.6) is 0 Å². The molecule has 71 valence electrons. The third-order valence-corrected chi connectivity index (χ3v) is 2.55. The van der Waals surface area contributed by atoms with Crippen molar-refractivity contribution in [1.82, 2.24) is 4.90 Å². The van der Waals surface area contributed by atoms with Crippen molar-refractivity contribution in [2.45, 2.75) is 0 Å². The number of nitrogens with zero attached hydrogens (tertiary/aromatic N) is 1. The van der Waals surface area contributed by atoms with E-state index in [2.05, 4.69) is 0 Å². The van der Waals surface area contributed by atoms with Gasteiger partial charge in [0.25, 0.3) is 0 Å². The van der Waals surface area contributed by atoms with E-state index in [-0.39, 0.29) is 0 Å². The fraction of sp³-hybridized carbons (Fsp3) is 0.333. The van der Waals surface area contributed by atoms with Crippen LogP contribution in [-0.4, -0.2) is 48.6 Å². The average Bonchev–Trinajstić information content (AvgIpc) is 1.96. The Bertz CT molecular complexity index is 261. The van der Waals surface area contributed by atoms with Gasteiger partial charge in [-0.3, -0.25) is 0 Å². The topological polar surface area (TPSA) is 3.24 Å². The van der Waals surface area contributed by atoms with Crippen LogP contribution >= 0.6 is 23.2 Å². The van der Waals surface area contributed by atoms with Gasteiger partial charge in [0, 0.05) is 0 Å². The van der Waals surface area contributed by atoms with Gasteiger partial charge in [0.05, 0.1) is 0 Å². The average molecular weight is 324 g/mol. The molecule has 0 aliphatic carbocycles. The number of benzene rings is 1. The molecular weight excluding hydrogens is 312 g/mol. The van der Waals surface area contributed by atoms with E-state index >= 15 is 0 Å². The molecule has 1 aromatic carbocycles. The van der Waals surface area contributed by atoms with E-state index in [1.807, 2.05) is 44.2 Å². The second-order valence-corrected chi connectivity index (χ2v) is 5.43. The van der Waals surface area contributed by atoms with Crippen LogP contribution in [0.15, 0.2) is 18.2 Å². The van der Waals surface area contributed by atoms with Crippen molar-refractivity contribution < 1.29 is 0 Å². The number of hydrogen-bond acceptors (Lipinski definition) is 1. The fourth-order valence-corrected chi connectivity index (χ4v) is 1.71. The Morgan fingerprint density at radius 3 is 1.85 bits per heavy atom. The number of halogens is 2. The molecule has 0 spiro atoms. The van der Waals surface area contributed by atoms with Crippen LogP contribution in [0.2, 0.25) is 10.0 Å².